The number of benzene rings is 2. The average molecular weight is 463 g/mol. The first kappa shape index (κ1) is 22.3. The van der Waals surface area contributed by atoms with Gasteiger partial charge in [0.1, 0.15) is 11.9 Å². The van der Waals surface area contributed by atoms with E-state index >= 15 is 0 Å². The van der Waals surface area contributed by atoms with Crippen molar-refractivity contribution in [2.45, 2.75) is 18.2 Å². The van der Waals surface area contributed by atoms with E-state index in [0.29, 0.717) is 34.3 Å². The van der Waals surface area contributed by atoms with Crippen LogP contribution in [0.1, 0.15) is 13.3 Å². The molecule has 0 saturated heterocycles. The second kappa shape index (κ2) is 8.56. The van der Waals surface area contributed by atoms with Crippen molar-refractivity contribution >= 4 is 20.6 Å². The van der Waals surface area contributed by atoms with Crippen LogP contribution in [0.15, 0.2) is 64.7 Å². The smallest absolute Gasteiger partial charge is 0.258 e. The van der Waals surface area contributed by atoms with E-state index < -0.39 is 9.84 Å². The van der Waals surface area contributed by atoms with E-state index in [9.17, 15) is 13.2 Å². The quantitative estimate of drug-likeness (QED) is 0.405. The lowest BCUT2D eigenvalue weighted by atomic mass is 9.97. The van der Waals surface area contributed by atoms with Crippen LogP contribution < -0.4 is 10.3 Å². The van der Waals surface area contributed by atoms with Gasteiger partial charge in [0, 0.05) is 40.8 Å². The molecule has 4 rings (SSSR count). The fraction of sp³-hybridized carbons (Fsp3) is 0.208. The first-order valence-electron chi connectivity index (χ1n) is 10.3. The molecule has 0 radical (unpaired) electrons. The first-order chi connectivity index (χ1) is 15.7. The van der Waals surface area contributed by atoms with Crippen LogP contribution in [0.5, 0.6) is 5.75 Å². The van der Waals surface area contributed by atoms with Gasteiger partial charge in [-0.25, -0.2) is 8.42 Å². The minimum absolute atomic E-state index is 0.165. The van der Waals surface area contributed by atoms with Gasteiger partial charge in [-0.15, -0.1) is 0 Å². The molecule has 9 heteroatoms. The summed E-state index contributed by atoms with van der Waals surface area (Å²) in [5.41, 5.74) is 2.59. The highest BCUT2D eigenvalue weighted by Crippen LogP contribution is 2.37. The molecular formula is C24H22N4O4S. The number of aryl methyl sites for hydroxylation is 1. The van der Waals surface area contributed by atoms with E-state index in [4.69, 9.17) is 11.3 Å². The molecule has 8 nitrogen and oxygen atoms in total. The number of aromatic nitrogens is 3. The van der Waals surface area contributed by atoms with Gasteiger partial charge in [0.2, 0.25) is 0 Å². The molecule has 0 fully saturated rings. The Balaban J connectivity index is 2.04. The number of pyridine rings is 1. The highest BCUT2D eigenvalue weighted by molar-refractivity contribution is 7.90. The lowest BCUT2D eigenvalue weighted by Gasteiger charge is -2.16. The van der Waals surface area contributed by atoms with Gasteiger partial charge in [-0.3, -0.25) is 4.79 Å². The molecule has 2 heterocycles. The van der Waals surface area contributed by atoms with Crippen LogP contribution in [0.3, 0.4) is 0 Å². The standard InChI is InChI=1S/C24H22N4O4S/c1-5-10-32-23-9-7-18(33(4,30)31)12-21(23)22-15-27(3)24(29)19-8-6-16(11-20(19)22)17-13-26-28(14-17)25-2/h6-9,11-15H,5,10H2,1,3-4H3. The van der Waals surface area contributed by atoms with Gasteiger partial charge >= 0.3 is 0 Å². The summed E-state index contributed by atoms with van der Waals surface area (Å²) >= 11 is 0. The van der Waals surface area contributed by atoms with E-state index in [-0.39, 0.29) is 10.5 Å². The van der Waals surface area contributed by atoms with Gasteiger partial charge in [-0.2, -0.15) is 0 Å². The van der Waals surface area contributed by atoms with Gasteiger partial charge in [-0.05, 0) is 47.7 Å². The maximum absolute atomic E-state index is 12.9. The van der Waals surface area contributed by atoms with E-state index in [1.54, 1.807) is 49.9 Å². The van der Waals surface area contributed by atoms with Crippen molar-refractivity contribution in [3.63, 3.8) is 0 Å². The minimum Gasteiger partial charge on any atom is -0.493 e. The second-order valence-corrected chi connectivity index (χ2v) is 9.76. The molecule has 33 heavy (non-hydrogen) atoms. The zero-order chi connectivity index (χ0) is 23.8. The number of fused-ring (bicyclic) bond motifs is 1. The third-order valence-corrected chi connectivity index (χ3v) is 6.43. The van der Waals surface area contributed by atoms with Gasteiger partial charge < -0.3 is 20.8 Å². The molecule has 0 atom stereocenters. The summed E-state index contributed by atoms with van der Waals surface area (Å²) in [5.74, 6) is 0.537. The summed E-state index contributed by atoms with van der Waals surface area (Å²) < 4.78 is 31.9. The maximum atomic E-state index is 12.9. The normalized spacial score (nSPS) is 11.5. The monoisotopic (exact) mass is 462 g/mol. The molecule has 0 aliphatic carbocycles. The molecule has 2 aromatic heterocycles. The van der Waals surface area contributed by atoms with Crippen LogP contribution in [0.4, 0.5) is 0 Å². The number of rotatable bonds is 6. The SMILES string of the molecule is [C-]#[N+]n1cc(-c2ccc3c(=O)n(C)cc(-c4cc(S(C)(=O)=O)ccc4OCCC)c3c2)cn1. The van der Waals surface area contributed by atoms with Crippen LogP contribution in [0.25, 0.3) is 38.0 Å². The molecule has 0 spiro atoms. The van der Waals surface area contributed by atoms with E-state index in [2.05, 4.69) is 10.1 Å². The van der Waals surface area contributed by atoms with Gasteiger partial charge in [0.15, 0.2) is 16.0 Å². The lowest BCUT2D eigenvalue weighted by Crippen LogP contribution is -2.16. The fourth-order valence-corrected chi connectivity index (χ4v) is 4.31. The number of ether oxygens (including phenoxy) is 1. The van der Waals surface area contributed by atoms with Crippen molar-refractivity contribution in [2.24, 2.45) is 7.05 Å². The highest BCUT2D eigenvalue weighted by Gasteiger charge is 2.18. The number of sulfone groups is 1. The predicted octanol–water partition coefficient (Wildman–Crippen LogP) is 3.94. The van der Waals surface area contributed by atoms with Crippen molar-refractivity contribution in [3.05, 3.63) is 76.9 Å². The van der Waals surface area contributed by atoms with E-state index in [1.807, 2.05) is 13.0 Å². The molecular weight excluding hydrogens is 440 g/mol. The third-order valence-electron chi connectivity index (χ3n) is 5.32. The second-order valence-electron chi connectivity index (χ2n) is 7.75. The van der Waals surface area contributed by atoms with Crippen molar-refractivity contribution in [2.75, 3.05) is 12.9 Å². The van der Waals surface area contributed by atoms with Crippen molar-refractivity contribution < 1.29 is 13.2 Å². The largest absolute Gasteiger partial charge is 0.493 e. The Morgan fingerprint density at radius 2 is 1.85 bits per heavy atom. The first-order valence-corrected chi connectivity index (χ1v) is 12.2. The summed E-state index contributed by atoms with van der Waals surface area (Å²) in [5, 5.41) is 5.14. The van der Waals surface area contributed by atoms with E-state index in [1.165, 1.54) is 10.6 Å². The van der Waals surface area contributed by atoms with Crippen LogP contribution in [-0.4, -0.2) is 35.7 Å². The molecule has 0 aliphatic heterocycles. The van der Waals surface area contributed by atoms with Crippen molar-refractivity contribution in [1.29, 1.82) is 0 Å². The van der Waals surface area contributed by atoms with Crippen molar-refractivity contribution in [1.82, 2.24) is 14.5 Å². The average Bonchev–Trinajstić information content (AvgIpc) is 3.28. The maximum Gasteiger partial charge on any atom is 0.258 e. The van der Waals surface area contributed by atoms with Crippen LogP contribution in [-0.2, 0) is 16.9 Å². The van der Waals surface area contributed by atoms with Crippen LogP contribution in [0, 0.1) is 6.57 Å². The molecule has 0 amide bonds. The van der Waals surface area contributed by atoms with Crippen LogP contribution >= 0.6 is 0 Å². The summed E-state index contributed by atoms with van der Waals surface area (Å²) in [6.07, 6.45) is 6.83. The number of hydrogen-bond donors (Lipinski definition) is 0. The molecule has 0 N–H and O–H groups in total. The van der Waals surface area contributed by atoms with Crippen LogP contribution in [0.2, 0.25) is 0 Å². The molecule has 2 aromatic carbocycles. The lowest BCUT2D eigenvalue weighted by molar-refractivity contribution is 0.318. The topological polar surface area (TPSA) is 87.6 Å². The Labute approximate surface area is 191 Å². The van der Waals surface area contributed by atoms with Gasteiger partial charge in [0.05, 0.1) is 22.2 Å². The van der Waals surface area contributed by atoms with Gasteiger partial charge in [-0.1, -0.05) is 13.0 Å². The summed E-state index contributed by atoms with van der Waals surface area (Å²) in [7, 11) is -1.80. The van der Waals surface area contributed by atoms with Gasteiger partial charge in [0.25, 0.3) is 5.56 Å². The Bertz CT molecular complexity index is 1580. The fourth-order valence-electron chi connectivity index (χ4n) is 3.66. The molecule has 4 aromatic rings. The Morgan fingerprint density at radius 1 is 1.06 bits per heavy atom. The zero-order valence-electron chi connectivity index (χ0n) is 18.4. The highest BCUT2D eigenvalue weighted by atomic mass is 32.2. The Morgan fingerprint density at radius 3 is 2.52 bits per heavy atom. The molecule has 0 aliphatic rings. The number of nitrogens with zero attached hydrogens (tertiary/aromatic N) is 4. The van der Waals surface area contributed by atoms with Crippen molar-refractivity contribution in [3.8, 4) is 28.0 Å². The number of hydrogen-bond acceptors (Lipinski definition) is 5. The molecule has 168 valence electrons. The molecule has 0 unspecified atom stereocenters. The Hall–Kier alpha value is -3.90. The third kappa shape index (κ3) is 4.25. The Kier molecular flexibility index (Phi) is 5.78. The molecule has 0 bridgehead atoms. The molecule has 0 saturated carbocycles. The summed E-state index contributed by atoms with van der Waals surface area (Å²) in [6, 6.07) is 10.2. The summed E-state index contributed by atoms with van der Waals surface area (Å²) in [6.45, 7) is 9.57. The zero-order valence-corrected chi connectivity index (χ0v) is 19.3. The van der Waals surface area contributed by atoms with E-state index in [0.717, 1.165) is 28.6 Å². The predicted molar refractivity (Wildman–Crippen MR) is 127 cm³/mol. The summed E-state index contributed by atoms with van der Waals surface area (Å²) in [4.78, 5) is 17.4. The minimum atomic E-state index is -3.46.